The molecule has 0 radical (unpaired) electrons. The van der Waals surface area contributed by atoms with E-state index in [1.165, 1.54) is 23.8 Å². The molecule has 0 bridgehead atoms. The number of nitrogens with zero attached hydrogens (tertiary/aromatic N) is 1. The smallest absolute Gasteiger partial charge is 0.327 e. The lowest BCUT2D eigenvalue weighted by atomic mass is 9.90. The fourth-order valence-electron chi connectivity index (χ4n) is 2.45. The van der Waals surface area contributed by atoms with Crippen molar-refractivity contribution < 1.29 is 19.4 Å². The number of rotatable bonds is 3. The minimum atomic E-state index is -0.937. The van der Waals surface area contributed by atoms with Crippen LogP contribution in [-0.4, -0.2) is 65.4 Å². The first-order chi connectivity index (χ1) is 8.60. The summed E-state index contributed by atoms with van der Waals surface area (Å²) >= 11 is 1.47. The molecule has 2 rings (SSSR count). The predicted molar refractivity (Wildman–Crippen MR) is 67.4 cm³/mol. The second kappa shape index (κ2) is 5.46. The molecular formula is C11H18N2O4S. The average molecular weight is 274 g/mol. The van der Waals surface area contributed by atoms with Gasteiger partial charge >= 0.3 is 5.97 Å². The molecular weight excluding hydrogens is 256 g/mol. The molecule has 2 saturated heterocycles. The Morgan fingerprint density at radius 3 is 2.67 bits per heavy atom. The first kappa shape index (κ1) is 13.6. The van der Waals surface area contributed by atoms with Crippen molar-refractivity contribution in [3.8, 4) is 0 Å². The van der Waals surface area contributed by atoms with Gasteiger partial charge < -0.3 is 20.1 Å². The van der Waals surface area contributed by atoms with Crippen molar-refractivity contribution in [2.45, 2.75) is 24.5 Å². The highest BCUT2D eigenvalue weighted by atomic mass is 32.2. The van der Waals surface area contributed by atoms with Crippen LogP contribution in [0.4, 0.5) is 0 Å². The molecule has 7 heteroatoms. The number of carboxylic acid groups (broad SMARTS) is 1. The van der Waals surface area contributed by atoms with E-state index in [0.717, 1.165) is 13.1 Å². The number of carbonyl (C=O) groups excluding carboxylic acids is 1. The minimum Gasteiger partial charge on any atom is -0.480 e. The van der Waals surface area contributed by atoms with E-state index in [4.69, 9.17) is 9.84 Å². The number of hydrogen-bond acceptors (Lipinski definition) is 5. The molecule has 0 aromatic carbocycles. The Bertz CT molecular complexity index is 344. The third kappa shape index (κ3) is 2.34. The third-order valence-corrected chi connectivity index (χ3v) is 4.63. The van der Waals surface area contributed by atoms with Crippen LogP contribution < -0.4 is 5.32 Å². The number of thioether (sulfide) groups is 1. The Labute approximate surface area is 110 Å². The lowest BCUT2D eigenvalue weighted by molar-refractivity contribution is -0.163. The van der Waals surface area contributed by atoms with Crippen molar-refractivity contribution in [2.75, 3.05) is 31.8 Å². The average Bonchev–Trinajstić information content (AvgIpc) is 2.88. The van der Waals surface area contributed by atoms with Gasteiger partial charge in [0, 0.05) is 12.9 Å². The van der Waals surface area contributed by atoms with Gasteiger partial charge in [0.2, 0.25) is 0 Å². The summed E-state index contributed by atoms with van der Waals surface area (Å²) in [7, 11) is 1.53. The summed E-state index contributed by atoms with van der Waals surface area (Å²) in [5, 5.41) is 12.3. The summed E-state index contributed by atoms with van der Waals surface area (Å²) in [5.74, 6) is -0.217. The van der Waals surface area contributed by atoms with E-state index in [-0.39, 0.29) is 5.91 Å². The largest absolute Gasteiger partial charge is 0.480 e. The Balaban J connectivity index is 2.15. The maximum absolute atomic E-state index is 12.6. The van der Waals surface area contributed by atoms with Gasteiger partial charge in [-0.25, -0.2) is 4.79 Å². The van der Waals surface area contributed by atoms with Crippen LogP contribution in [0.3, 0.4) is 0 Å². The van der Waals surface area contributed by atoms with E-state index in [9.17, 15) is 9.59 Å². The molecule has 2 aliphatic rings. The number of nitrogens with one attached hydrogen (secondary N) is 1. The summed E-state index contributed by atoms with van der Waals surface area (Å²) in [6.45, 7) is 1.44. The molecule has 0 aliphatic carbocycles. The molecule has 0 aromatic rings. The fraction of sp³-hybridized carbons (Fsp3) is 0.818. The number of methoxy groups -OCH3 is 1. The van der Waals surface area contributed by atoms with E-state index in [0.29, 0.717) is 24.5 Å². The molecule has 0 aromatic heterocycles. The van der Waals surface area contributed by atoms with Crippen molar-refractivity contribution in [3.05, 3.63) is 0 Å². The third-order valence-electron chi connectivity index (χ3n) is 3.62. The molecule has 0 saturated carbocycles. The predicted octanol–water partition coefficient (Wildman–Crippen LogP) is -0.259. The van der Waals surface area contributed by atoms with Gasteiger partial charge in [-0.05, 0) is 25.9 Å². The molecule has 2 heterocycles. The van der Waals surface area contributed by atoms with Crippen molar-refractivity contribution >= 4 is 23.6 Å². The fourth-order valence-corrected chi connectivity index (χ4v) is 3.59. The zero-order valence-electron chi connectivity index (χ0n) is 10.3. The van der Waals surface area contributed by atoms with E-state index in [2.05, 4.69) is 5.32 Å². The summed E-state index contributed by atoms with van der Waals surface area (Å²) < 4.78 is 5.45. The lowest BCUT2D eigenvalue weighted by Gasteiger charge is -2.38. The molecule has 102 valence electrons. The van der Waals surface area contributed by atoms with Gasteiger partial charge in [-0.1, -0.05) is 0 Å². The standard InChI is InChI=1S/C11H18N2O4S/c1-17-11(2-4-12-5-3-11)10(16)13-7-18-6-8(13)9(14)15/h8,12H,2-7H2,1H3,(H,14,15). The summed E-state index contributed by atoms with van der Waals surface area (Å²) in [4.78, 5) is 25.1. The zero-order valence-corrected chi connectivity index (χ0v) is 11.2. The molecule has 2 N–H and O–H groups in total. The maximum Gasteiger partial charge on any atom is 0.327 e. The highest BCUT2D eigenvalue weighted by Gasteiger charge is 2.47. The number of piperidine rings is 1. The Hall–Kier alpha value is -0.790. The number of ether oxygens (including phenoxy) is 1. The van der Waals surface area contributed by atoms with Crippen LogP contribution in [0.15, 0.2) is 0 Å². The normalized spacial score (nSPS) is 27.2. The zero-order chi connectivity index (χ0) is 13.2. The quantitative estimate of drug-likeness (QED) is 0.738. The van der Waals surface area contributed by atoms with Crippen LogP contribution in [0.1, 0.15) is 12.8 Å². The van der Waals surface area contributed by atoms with E-state index < -0.39 is 17.6 Å². The minimum absolute atomic E-state index is 0.177. The van der Waals surface area contributed by atoms with E-state index >= 15 is 0 Å². The summed E-state index contributed by atoms with van der Waals surface area (Å²) in [5.41, 5.74) is -0.843. The molecule has 0 spiro atoms. The number of carboxylic acids is 1. The first-order valence-electron chi connectivity index (χ1n) is 5.98. The Morgan fingerprint density at radius 1 is 1.44 bits per heavy atom. The molecule has 2 fully saturated rings. The number of aliphatic carboxylic acids is 1. The van der Waals surface area contributed by atoms with Gasteiger partial charge in [-0.2, -0.15) is 0 Å². The van der Waals surface area contributed by atoms with Crippen LogP contribution in [-0.2, 0) is 14.3 Å². The van der Waals surface area contributed by atoms with Gasteiger partial charge in [-0.15, -0.1) is 11.8 Å². The van der Waals surface area contributed by atoms with E-state index in [1.54, 1.807) is 0 Å². The monoisotopic (exact) mass is 274 g/mol. The van der Waals surface area contributed by atoms with Gasteiger partial charge in [-0.3, -0.25) is 4.79 Å². The number of carbonyl (C=O) groups is 2. The van der Waals surface area contributed by atoms with Crippen molar-refractivity contribution in [2.24, 2.45) is 0 Å². The van der Waals surface area contributed by atoms with Gasteiger partial charge in [0.15, 0.2) is 0 Å². The van der Waals surface area contributed by atoms with Crippen LogP contribution >= 0.6 is 11.8 Å². The molecule has 2 aliphatic heterocycles. The second-order valence-corrected chi connectivity index (χ2v) is 5.58. The Morgan fingerprint density at radius 2 is 2.11 bits per heavy atom. The second-order valence-electron chi connectivity index (χ2n) is 4.58. The molecule has 1 unspecified atom stereocenters. The van der Waals surface area contributed by atoms with Crippen LogP contribution in [0.5, 0.6) is 0 Å². The molecule has 6 nitrogen and oxygen atoms in total. The SMILES string of the molecule is COC1(C(=O)N2CSCC2C(=O)O)CCNCC1. The van der Waals surface area contributed by atoms with Crippen molar-refractivity contribution in [3.63, 3.8) is 0 Å². The van der Waals surface area contributed by atoms with Crippen molar-refractivity contribution in [1.82, 2.24) is 10.2 Å². The van der Waals surface area contributed by atoms with Crippen LogP contribution in [0.2, 0.25) is 0 Å². The molecule has 18 heavy (non-hydrogen) atoms. The van der Waals surface area contributed by atoms with Crippen LogP contribution in [0.25, 0.3) is 0 Å². The maximum atomic E-state index is 12.6. The van der Waals surface area contributed by atoms with Gasteiger partial charge in [0.1, 0.15) is 11.6 Å². The van der Waals surface area contributed by atoms with Crippen LogP contribution in [0, 0.1) is 0 Å². The first-order valence-corrected chi connectivity index (χ1v) is 7.14. The summed E-state index contributed by atoms with van der Waals surface area (Å²) in [6, 6.07) is -0.718. The topological polar surface area (TPSA) is 78.9 Å². The number of amides is 1. The van der Waals surface area contributed by atoms with E-state index in [1.807, 2.05) is 0 Å². The molecule has 1 atom stereocenters. The van der Waals surface area contributed by atoms with Crippen molar-refractivity contribution in [1.29, 1.82) is 0 Å². The Kier molecular flexibility index (Phi) is 4.14. The highest BCUT2D eigenvalue weighted by molar-refractivity contribution is 7.99. The number of hydrogen-bond donors (Lipinski definition) is 2. The summed E-state index contributed by atoms with van der Waals surface area (Å²) in [6.07, 6.45) is 1.19. The lowest BCUT2D eigenvalue weighted by Crippen LogP contribution is -2.57. The molecule has 1 amide bonds. The highest BCUT2D eigenvalue weighted by Crippen LogP contribution is 2.30. The van der Waals surface area contributed by atoms with Gasteiger partial charge in [0.25, 0.3) is 5.91 Å². The van der Waals surface area contributed by atoms with Gasteiger partial charge in [0.05, 0.1) is 5.88 Å².